The number of amides is 2. The van der Waals surface area contributed by atoms with Gasteiger partial charge in [0, 0.05) is 53.5 Å². The molecule has 36 heavy (non-hydrogen) atoms. The van der Waals surface area contributed by atoms with Crippen LogP contribution in [0.25, 0.3) is 11.1 Å². The number of piperidine rings is 1. The van der Waals surface area contributed by atoms with E-state index >= 15 is 0 Å². The van der Waals surface area contributed by atoms with Crippen LogP contribution in [0.2, 0.25) is 5.02 Å². The maximum absolute atomic E-state index is 14.0. The Bertz CT molecular complexity index is 1250. The molecule has 2 amide bonds. The molecule has 188 valence electrons. The smallest absolute Gasteiger partial charge is 0.275 e. The molecule has 9 heteroatoms. The van der Waals surface area contributed by atoms with Crippen LogP contribution < -0.4 is 5.32 Å². The number of anilines is 1. The topological polar surface area (TPSA) is 79.4 Å². The highest BCUT2D eigenvalue weighted by Gasteiger charge is 2.26. The lowest BCUT2D eigenvalue weighted by Crippen LogP contribution is -2.37. The van der Waals surface area contributed by atoms with E-state index in [0.717, 1.165) is 23.4 Å². The van der Waals surface area contributed by atoms with Gasteiger partial charge >= 0.3 is 0 Å². The van der Waals surface area contributed by atoms with E-state index in [1.165, 1.54) is 36.5 Å². The molecule has 0 saturated carbocycles. The molecule has 2 heterocycles. The zero-order valence-electron chi connectivity index (χ0n) is 19.9. The van der Waals surface area contributed by atoms with Gasteiger partial charge in [0.25, 0.3) is 5.91 Å². The number of benzene rings is 2. The number of Topliss-reactive ketones (excluding diaryl/α,β-unsaturated/α-hetero) is 1. The van der Waals surface area contributed by atoms with Crippen molar-refractivity contribution in [3.63, 3.8) is 0 Å². The number of aromatic nitrogens is 1. The molecule has 0 bridgehead atoms. The molecule has 1 N–H and O–H groups in total. The first-order valence-electron chi connectivity index (χ1n) is 11.9. The summed E-state index contributed by atoms with van der Waals surface area (Å²) in [7, 11) is 0. The predicted octanol–water partition coefficient (Wildman–Crippen LogP) is 6.32. The van der Waals surface area contributed by atoms with Crippen LogP contribution in [-0.4, -0.2) is 40.6 Å². The Hall–Kier alpha value is -3.10. The molecule has 1 aliphatic heterocycles. The first kappa shape index (κ1) is 26.0. The van der Waals surface area contributed by atoms with Crippen LogP contribution in [0.3, 0.4) is 0 Å². The molecular formula is C27H27ClFN3O3S. The van der Waals surface area contributed by atoms with Gasteiger partial charge in [0.05, 0.1) is 5.01 Å². The van der Waals surface area contributed by atoms with E-state index in [1.807, 2.05) is 4.90 Å². The van der Waals surface area contributed by atoms with Crippen molar-refractivity contribution in [1.29, 1.82) is 0 Å². The second kappa shape index (κ2) is 11.8. The number of likely N-dealkylation sites (tertiary alicyclic amines) is 1. The number of nitrogens with zero attached hydrogens (tertiary/aromatic N) is 2. The SMILES string of the molecule is CC(=O)CCCC(=O)N1CCC(c2nc(C(=O)Nc3ccc(F)cc3-c3ccc(Cl)cc3)cs2)CC1. The summed E-state index contributed by atoms with van der Waals surface area (Å²) in [6, 6.07) is 11.2. The van der Waals surface area contributed by atoms with Crippen LogP contribution in [0, 0.1) is 5.82 Å². The molecule has 0 radical (unpaired) electrons. The minimum absolute atomic E-state index is 0.0877. The number of ketones is 1. The second-order valence-electron chi connectivity index (χ2n) is 8.93. The van der Waals surface area contributed by atoms with Gasteiger partial charge in [0.2, 0.25) is 5.91 Å². The first-order chi connectivity index (χ1) is 17.3. The quantitative estimate of drug-likeness (QED) is 0.372. The molecule has 2 aromatic carbocycles. The van der Waals surface area contributed by atoms with Crippen molar-refractivity contribution in [1.82, 2.24) is 9.88 Å². The first-order valence-corrected chi connectivity index (χ1v) is 13.2. The van der Waals surface area contributed by atoms with Gasteiger partial charge in [-0.3, -0.25) is 9.59 Å². The van der Waals surface area contributed by atoms with E-state index in [2.05, 4.69) is 10.3 Å². The summed E-state index contributed by atoms with van der Waals surface area (Å²) in [5, 5.41) is 6.04. The summed E-state index contributed by atoms with van der Waals surface area (Å²) in [6.07, 6.45) is 2.99. The third-order valence-electron chi connectivity index (χ3n) is 6.26. The molecule has 0 spiro atoms. The molecular weight excluding hydrogens is 501 g/mol. The fourth-order valence-electron chi connectivity index (χ4n) is 4.28. The van der Waals surface area contributed by atoms with E-state index in [4.69, 9.17) is 11.6 Å². The van der Waals surface area contributed by atoms with Crippen molar-refractivity contribution >= 4 is 46.2 Å². The van der Waals surface area contributed by atoms with E-state index < -0.39 is 5.82 Å². The second-order valence-corrected chi connectivity index (χ2v) is 10.3. The van der Waals surface area contributed by atoms with Gasteiger partial charge in [-0.1, -0.05) is 23.7 Å². The number of nitrogens with one attached hydrogen (secondary N) is 1. The monoisotopic (exact) mass is 527 g/mol. The van der Waals surface area contributed by atoms with Crippen molar-refractivity contribution in [2.75, 3.05) is 18.4 Å². The summed E-state index contributed by atoms with van der Waals surface area (Å²) >= 11 is 7.41. The largest absolute Gasteiger partial charge is 0.343 e. The van der Waals surface area contributed by atoms with Crippen molar-refractivity contribution in [3.8, 4) is 11.1 Å². The van der Waals surface area contributed by atoms with Gasteiger partial charge in [-0.2, -0.15) is 0 Å². The normalized spacial score (nSPS) is 14.0. The molecule has 3 aromatic rings. The summed E-state index contributed by atoms with van der Waals surface area (Å²) in [5.74, 6) is -0.390. The highest BCUT2D eigenvalue weighted by Crippen LogP contribution is 2.32. The van der Waals surface area contributed by atoms with E-state index in [-0.39, 0.29) is 23.5 Å². The zero-order valence-corrected chi connectivity index (χ0v) is 21.5. The molecule has 0 unspecified atom stereocenters. The fraction of sp³-hybridized carbons (Fsp3) is 0.333. The minimum Gasteiger partial charge on any atom is -0.343 e. The number of carbonyl (C=O) groups excluding carboxylic acids is 3. The van der Waals surface area contributed by atoms with Crippen molar-refractivity contribution in [2.24, 2.45) is 0 Å². The van der Waals surface area contributed by atoms with Gasteiger partial charge in [0.15, 0.2) is 0 Å². The zero-order chi connectivity index (χ0) is 25.7. The summed E-state index contributed by atoms with van der Waals surface area (Å²) in [4.78, 5) is 42.8. The van der Waals surface area contributed by atoms with Crippen molar-refractivity contribution in [2.45, 2.75) is 44.9 Å². The lowest BCUT2D eigenvalue weighted by atomic mass is 9.97. The Morgan fingerprint density at radius 2 is 1.83 bits per heavy atom. The van der Waals surface area contributed by atoms with E-state index in [9.17, 15) is 18.8 Å². The number of carbonyl (C=O) groups is 3. The molecule has 0 atom stereocenters. The number of rotatable bonds is 8. The van der Waals surface area contributed by atoms with Crippen LogP contribution in [0.1, 0.15) is 60.4 Å². The molecule has 0 aliphatic carbocycles. The lowest BCUT2D eigenvalue weighted by Gasteiger charge is -2.31. The number of hydrogen-bond donors (Lipinski definition) is 1. The maximum Gasteiger partial charge on any atom is 0.275 e. The van der Waals surface area contributed by atoms with E-state index in [1.54, 1.807) is 29.6 Å². The molecule has 1 fully saturated rings. The molecule has 4 rings (SSSR count). The van der Waals surface area contributed by atoms with E-state index in [0.29, 0.717) is 54.3 Å². The van der Waals surface area contributed by atoms with Gasteiger partial charge in [-0.15, -0.1) is 11.3 Å². The average molecular weight is 528 g/mol. The Kier molecular flexibility index (Phi) is 8.48. The van der Waals surface area contributed by atoms with Gasteiger partial charge in [0.1, 0.15) is 17.3 Å². The highest BCUT2D eigenvalue weighted by atomic mass is 35.5. The molecule has 6 nitrogen and oxygen atoms in total. The summed E-state index contributed by atoms with van der Waals surface area (Å²) in [5.41, 5.74) is 2.07. The van der Waals surface area contributed by atoms with Crippen LogP contribution >= 0.6 is 22.9 Å². The van der Waals surface area contributed by atoms with Crippen LogP contribution in [-0.2, 0) is 9.59 Å². The predicted molar refractivity (Wildman–Crippen MR) is 140 cm³/mol. The third-order valence-corrected chi connectivity index (χ3v) is 7.52. The average Bonchev–Trinajstić information content (AvgIpc) is 3.36. The van der Waals surface area contributed by atoms with Gasteiger partial charge in [-0.05, 0) is 62.1 Å². The van der Waals surface area contributed by atoms with Crippen molar-refractivity contribution < 1.29 is 18.8 Å². The van der Waals surface area contributed by atoms with Crippen LogP contribution in [0.4, 0.5) is 10.1 Å². The van der Waals surface area contributed by atoms with Crippen LogP contribution in [0.15, 0.2) is 47.8 Å². The third kappa shape index (κ3) is 6.56. The minimum atomic E-state index is -0.405. The van der Waals surface area contributed by atoms with Gasteiger partial charge in [-0.25, -0.2) is 9.37 Å². The Labute approximate surface area is 218 Å². The highest BCUT2D eigenvalue weighted by molar-refractivity contribution is 7.10. The number of hydrogen-bond acceptors (Lipinski definition) is 5. The fourth-order valence-corrected chi connectivity index (χ4v) is 5.38. The maximum atomic E-state index is 14.0. The molecule has 1 saturated heterocycles. The number of thiazole rings is 1. The summed E-state index contributed by atoms with van der Waals surface area (Å²) < 4.78 is 14.0. The summed E-state index contributed by atoms with van der Waals surface area (Å²) in [6.45, 7) is 2.83. The van der Waals surface area contributed by atoms with Crippen molar-refractivity contribution in [3.05, 3.63) is 69.4 Å². The number of halogens is 2. The Morgan fingerprint density at radius 3 is 2.53 bits per heavy atom. The lowest BCUT2D eigenvalue weighted by molar-refractivity contribution is -0.132. The molecule has 1 aromatic heterocycles. The van der Waals surface area contributed by atoms with Gasteiger partial charge < -0.3 is 15.0 Å². The standard InChI is InChI=1S/C27H27ClFN3O3S/c1-17(33)3-2-4-25(34)32-13-11-19(12-14-32)27-31-24(16-36-27)26(35)30-23-10-9-21(29)15-22(23)18-5-7-20(28)8-6-18/h5-10,15-16,19H,2-4,11-14H2,1H3,(H,30,35). The van der Waals surface area contributed by atoms with Crippen LogP contribution in [0.5, 0.6) is 0 Å². The Balaban J connectivity index is 1.37. The molecule has 1 aliphatic rings. The Morgan fingerprint density at radius 1 is 1.11 bits per heavy atom.